The van der Waals surface area contributed by atoms with Gasteiger partial charge in [-0.15, -0.1) is 11.3 Å². The molecule has 17 heavy (non-hydrogen) atoms. The van der Waals surface area contributed by atoms with Crippen molar-refractivity contribution in [1.29, 1.82) is 0 Å². The van der Waals surface area contributed by atoms with E-state index < -0.39 is 6.10 Å². The number of halogens is 2. The van der Waals surface area contributed by atoms with Crippen LogP contribution < -0.4 is 0 Å². The van der Waals surface area contributed by atoms with Crippen LogP contribution in [-0.2, 0) is 6.42 Å². The summed E-state index contributed by atoms with van der Waals surface area (Å²) in [6.07, 6.45) is -0.434. The van der Waals surface area contributed by atoms with E-state index in [0.29, 0.717) is 10.6 Å². The SMILES string of the molecule is Cc1ccsc1C(O)Cc1cc(Cl)ccc1F. The fourth-order valence-electron chi connectivity index (χ4n) is 1.73. The first-order chi connectivity index (χ1) is 8.08. The number of hydrogen-bond acceptors (Lipinski definition) is 2. The monoisotopic (exact) mass is 270 g/mol. The summed E-state index contributed by atoms with van der Waals surface area (Å²) in [5, 5.41) is 12.5. The van der Waals surface area contributed by atoms with Gasteiger partial charge < -0.3 is 5.11 Å². The highest BCUT2D eigenvalue weighted by Crippen LogP contribution is 2.28. The molecule has 1 heterocycles. The van der Waals surface area contributed by atoms with Gasteiger partial charge in [0.15, 0.2) is 0 Å². The normalized spacial score (nSPS) is 12.7. The van der Waals surface area contributed by atoms with Gasteiger partial charge in [-0.3, -0.25) is 0 Å². The van der Waals surface area contributed by atoms with Crippen molar-refractivity contribution in [2.45, 2.75) is 19.4 Å². The van der Waals surface area contributed by atoms with Crippen LogP contribution in [0, 0.1) is 12.7 Å². The van der Waals surface area contributed by atoms with Crippen molar-refractivity contribution in [2.75, 3.05) is 0 Å². The lowest BCUT2D eigenvalue weighted by Crippen LogP contribution is -2.03. The minimum Gasteiger partial charge on any atom is -0.387 e. The summed E-state index contributed by atoms with van der Waals surface area (Å²) in [5.41, 5.74) is 1.47. The maximum atomic E-state index is 13.5. The van der Waals surface area contributed by atoms with Crippen LogP contribution in [0.5, 0.6) is 0 Å². The molecule has 1 aromatic heterocycles. The predicted molar refractivity (Wildman–Crippen MR) is 69.1 cm³/mol. The summed E-state index contributed by atoms with van der Waals surface area (Å²) >= 11 is 7.29. The Labute approximate surface area is 108 Å². The minimum atomic E-state index is -0.678. The molecule has 0 spiro atoms. The maximum Gasteiger partial charge on any atom is 0.126 e. The van der Waals surface area contributed by atoms with E-state index in [-0.39, 0.29) is 12.2 Å². The van der Waals surface area contributed by atoms with Crippen molar-refractivity contribution in [3.05, 3.63) is 56.5 Å². The first-order valence-corrected chi connectivity index (χ1v) is 6.49. The van der Waals surface area contributed by atoms with Crippen LogP contribution in [0.25, 0.3) is 0 Å². The van der Waals surface area contributed by atoms with E-state index in [2.05, 4.69) is 0 Å². The number of aliphatic hydroxyl groups is 1. The van der Waals surface area contributed by atoms with Crippen LogP contribution in [-0.4, -0.2) is 5.11 Å². The topological polar surface area (TPSA) is 20.2 Å². The predicted octanol–water partition coefficient (Wildman–Crippen LogP) is 4.13. The molecule has 2 aromatic rings. The molecule has 1 nitrogen and oxygen atoms in total. The number of aliphatic hydroxyl groups excluding tert-OH is 1. The van der Waals surface area contributed by atoms with E-state index in [1.54, 1.807) is 6.07 Å². The minimum absolute atomic E-state index is 0.244. The highest BCUT2D eigenvalue weighted by atomic mass is 35.5. The molecule has 4 heteroatoms. The van der Waals surface area contributed by atoms with Crippen LogP contribution in [0.4, 0.5) is 4.39 Å². The molecule has 0 aliphatic rings. The molecule has 1 unspecified atom stereocenters. The fraction of sp³-hybridized carbons (Fsp3) is 0.231. The molecule has 90 valence electrons. The molecule has 0 fully saturated rings. The largest absolute Gasteiger partial charge is 0.387 e. The van der Waals surface area contributed by atoms with Crippen molar-refractivity contribution in [3.63, 3.8) is 0 Å². The third kappa shape index (κ3) is 2.86. The molecular weight excluding hydrogens is 259 g/mol. The highest BCUT2D eigenvalue weighted by molar-refractivity contribution is 7.10. The Morgan fingerprint density at radius 2 is 2.18 bits per heavy atom. The molecule has 0 aliphatic heterocycles. The van der Waals surface area contributed by atoms with Crippen LogP contribution in [0.3, 0.4) is 0 Å². The van der Waals surface area contributed by atoms with Gasteiger partial charge in [-0.2, -0.15) is 0 Å². The zero-order valence-electron chi connectivity index (χ0n) is 9.28. The Balaban J connectivity index is 2.21. The van der Waals surface area contributed by atoms with Crippen molar-refractivity contribution < 1.29 is 9.50 Å². The van der Waals surface area contributed by atoms with Gasteiger partial charge in [0.2, 0.25) is 0 Å². The van der Waals surface area contributed by atoms with Crippen molar-refractivity contribution in [2.24, 2.45) is 0 Å². The Morgan fingerprint density at radius 3 is 2.82 bits per heavy atom. The quantitative estimate of drug-likeness (QED) is 0.889. The van der Waals surface area contributed by atoms with E-state index in [1.165, 1.54) is 23.5 Å². The number of aryl methyl sites for hydroxylation is 1. The summed E-state index contributed by atoms with van der Waals surface area (Å²) < 4.78 is 13.5. The number of hydrogen-bond donors (Lipinski definition) is 1. The van der Waals surface area contributed by atoms with E-state index in [4.69, 9.17) is 11.6 Å². The van der Waals surface area contributed by atoms with Gasteiger partial charge in [0.1, 0.15) is 5.82 Å². The second-order valence-corrected chi connectivity index (χ2v) is 5.31. The highest BCUT2D eigenvalue weighted by Gasteiger charge is 2.15. The Kier molecular flexibility index (Phi) is 3.82. The summed E-state index contributed by atoms with van der Waals surface area (Å²) in [4.78, 5) is 0.879. The van der Waals surface area contributed by atoms with Gasteiger partial charge in [-0.1, -0.05) is 11.6 Å². The second-order valence-electron chi connectivity index (χ2n) is 3.92. The Morgan fingerprint density at radius 1 is 1.41 bits per heavy atom. The first kappa shape index (κ1) is 12.6. The third-order valence-electron chi connectivity index (χ3n) is 2.63. The van der Waals surface area contributed by atoms with Crippen molar-refractivity contribution >= 4 is 22.9 Å². The lowest BCUT2D eigenvalue weighted by molar-refractivity contribution is 0.180. The van der Waals surface area contributed by atoms with Crippen LogP contribution >= 0.6 is 22.9 Å². The molecule has 1 atom stereocenters. The Hall–Kier alpha value is -0.900. The molecule has 0 radical (unpaired) electrons. The number of benzene rings is 1. The van der Waals surface area contributed by atoms with E-state index >= 15 is 0 Å². The Bertz CT molecular complexity index is 524. The van der Waals surface area contributed by atoms with Gasteiger partial charge in [-0.25, -0.2) is 4.39 Å². The van der Waals surface area contributed by atoms with E-state index in [0.717, 1.165) is 10.4 Å². The average Bonchev–Trinajstić information content (AvgIpc) is 2.70. The maximum absolute atomic E-state index is 13.5. The van der Waals surface area contributed by atoms with Crippen LogP contribution in [0.1, 0.15) is 22.1 Å². The molecule has 1 N–H and O–H groups in total. The molecule has 2 rings (SSSR count). The zero-order chi connectivity index (χ0) is 12.4. The molecule has 0 amide bonds. The molecular formula is C13H12ClFOS. The summed E-state index contributed by atoms with van der Waals surface area (Å²) in [6.45, 7) is 1.93. The van der Waals surface area contributed by atoms with Gasteiger partial charge in [0.25, 0.3) is 0 Å². The summed E-state index contributed by atoms with van der Waals surface area (Å²) in [5.74, 6) is -0.331. The second kappa shape index (κ2) is 5.17. The molecule has 0 aliphatic carbocycles. The molecule has 0 saturated heterocycles. The van der Waals surface area contributed by atoms with Gasteiger partial charge >= 0.3 is 0 Å². The van der Waals surface area contributed by atoms with E-state index in [9.17, 15) is 9.50 Å². The fourth-order valence-corrected chi connectivity index (χ4v) is 2.83. The zero-order valence-corrected chi connectivity index (χ0v) is 10.9. The lowest BCUT2D eigenvalue weighted by atomic mass is 10.0. The van der Waals surface area contributed by atoms with Gasteiger partial charge in [-0.05, 0) is 47.7 Å². The summed E-state index contributed by atoms with van der Waals surface area (Å²) in [7, 11) is 0. The van der Waals surface area contributed by atoms with Gasteiger partial charge in [0.05, 0.1) is 6.10 Å². The van der Waals surface area contributed by atoms with Crippen molar-refractivity contribution in [3.8, 4) is 0 Å². The van der Waals surface area contributed by atoms with Crippen molar-refractivity contribution in [1.82, 2.24) is 0 Å². The first-order valence-electron chi connectivity index (χ1n) is 5.24. The standard InChI is InChI=1S/C13H12ClFOS/c1-8-4-5-17-13(8)12(16)7-9-6-10(14)2-3-11(9)15/h2-6,12,16H,7H2,1H3. The lowest BCUT2D eigenvalue weighted by Gasteiger charge is -2.11. The summed E-state index contributed by atoms with van der Waals surface area (Å²) in [6, 6.07) is 6.33. The van der Waals surface area contributed by atoms with Crippen LogP contribution in [0.15, 0.2) is 29.6 Å². The smallest absolute Gasteiger partial charge is 0.126 e. The molecule has 1 aromatic carbocycles. The molecule has 0 bridgehead atoms. The van der Waals surface area contributed by atoms with E-state index in [1.807, 2.05) is 18.4 Å². The van der Waals surface area contributed by atoms with Gasteiger partial charge in [0, 0.05) is 16.3 Å². The number of rotatable bonds is 3. The third-order valence-corrected chi connectivity index (χ3v) is 3.98. The average molecular weight is 271 g/mol. The van der Waals surface area contributed by atoms with Crippen LogP contribution in [0.2, 0.25) is 5.02 Å². The molecule has 0 saturated carbocycles. The number of thiophene rings is 1.